The molecule has 0 aliphatic carbocycles. The predicted octanol–water partition coefficient (Wildman–Crippen LogP) is 2.38. The summed E-state index contributed by atoms with van der Waals surface area (Å²) in [7, 11) is 0. The van der Waals surface area contributed by atoms with Crippen LogP contribution in [-0.4, -0.2) is 16.1 Å². The van der Waals surface area contributed by atoms with E-state index in [1.807, 2.05) is 12.1 Å². The molecule has 0 saturated carbocycles. The largest absolute Gasteiger partial charge is 0.478 e. The summed E-state index contributed by atoms with van der Waals surface area (Å²) in [6.07, 6.45) is 3.55. The van der Waals surface area contributed by atoms with Crippen LogP contribution in [0.25, 0.3) is 11.1 Å². The highest BCUT2D eigenvalue weighted by Gasteiger charge is 2.10. The Morgan fingerprint density at radius 1 is 1.21 bits per heavy atom. The van der Waals surface area contributed by atoms with E-state index in [1.165, 1.54) is 0 Å². The summed E-state index contributed by atoms with van der Waals surface area (Å²) in [4.78, 5) is 13.8. The van der Waals surface area contributed by atoms with Crippen LogP contribution in [-0.2, 0) is 0 Å². The summed E-state index contributed by atoms with van der Waals surface area (Å²) in [6.45, 7) is 0. The SMILES string of the molecule is O=C(O)c1ccccc1-c1cc[nH]c1. The molecule has 0 bridgehead atoms. The summed E-state index contributed by atoms with van der Waals surface area (Å²) in [5, 5.41) is 8.95. The minimum Gasteiger partial charge on any atom is -0.478 e. The molecule has 0 aliphatic rings. The number of aromatic nitrogens is 1. The molecule has 3 nitrogen and oxygen atoms in total. The smallest absolute Gasteiger partial charge is 0.336 e. The number of rotatable bonds is 2. The molecule has 1 heterocycles. The van der Waals surface area contributed by atoms with Gasteiger partial charge in [0.25, 0.3) is 0 Å². The Hall–Kier alpha value is -2.03. The molecule has 0 amide bonds. The van der Waals surface area contributed by atoms with Gasteiger partial charge in [0, 0.05) is 12.4 Å². The van der Waals surface area contributed by atoms with E-state index in [0.717, 1.165) is 11.1 Å². The number of aromatic carboxylic acids is 1. The highest BCUT2D eigenvalue weighted by atomic mass is 16.4. The molecule has 3 heteroatoms. The standard InChI is InChI=1S/C11H9NO2/c13-11(14)10-4-2-1-3-9(10)8-5-6-12-7-8/h1-7,12H,(H,13,14). The van der Waals surface area contributed by atoms with Crippen LogP contribution in [0.2, 0.25) is 0 Å². The molecule has 0 saturated heterocycles. The molecule has 0 fully saturated rings. The van der Waals surface area contributed by atoms with Gasteiger partial charge in [-0.15, -0.1) is 0 Å². The maximum Gasteiger partial charge on any atom is 0.336 e. The summed E-state index contributed by atoms with van der Waals surface area (Å²) in [5.74, 6) is -0.901. The van der Waals surface area contributed by atoms with Gasteiger partial charge < -0.3 is 10.1 Å². The van der Waals surface area contributed by atoms with Crippen molar-refractivity contribution < 1.29 is 9.90 Å². The Morgan fingerprint density at radius 2 is 2.00 bits per heavy atom. The molecule has 1 aromatic carbocycles. The average molecular weight is 187 g/mol. The van der Waals surface area contributed by atoms with E-state index in [-0.39, 0.29) is 0 Å². The van der Waals surface area contributed by atoms with Crippen molar-refractivity contribution in [3.63, 3.8) is 0 Å². The molecule has 0 radical (unpaired) electrons. The third-order valence-electron chi connectivity index (χ3n) is 2.07. The Labute approximate surface area is 81.0 Å². The molecule has 1 aromatic heterocycles. The monoisotopic (exact) mass is 187 g/mol. The molecule has 0 atom stereocenters. The quantitative estimate of drug-likeness (QED) is 0.758. The number of hydrogen-bond acceptors (Lipinski definition) is 1. The zero-order valence-electron chi connectivity index (χ0n) is 7.40. The highest BCUT2D eigenvalue weighted by Crippen LogP contribution is 2.22. The van der Waals surface area contributed by atoms with Crippen LogP contribution in [0.1, 0.15) is 10.4 Å². The van der Waals surface area contributed by atoms with Crippen molar-refractivity contribution in [3.8, 4) is 11.1 Å². The summed E-state index contributed by atoms with van der Waals surface area (Å²) in [6, 6.07) is 8.80. The predicted molar refractivity (Wildman–Crippen MR) is 53.2 cm³/mol. The molecule has 2 aromatic rings. The fourth-order valence-corrected chi connectivity index (χ4v) is 1.41. The molecule has 70 valence electrons. The van der Waals surface area contributed by atoms with Crippen LogP contribution in [0.15, 0.2) is 42.7 Å². The molecule has 0 spiro atoms. The van der Waals surface area contributed by atoms with Gasteiger partial charge in [-0.3, -0.25) is 0 Å². The van der Waals surface area contributed by atoms with E-state index in [4.69, 9.17) is 5.11 Å². The topological polar surface area (TPSA) is 53.1 Å². The van der Waals surface area contributed by atoms with E-state index >= 15 is 0 Å². The first-order chi connectivity index (χ1) is 6.79. The lowest BCUT2D eigenvalue weighted by atomic mass is 10.0. The maximum atomic E-state index is 10.9. The third-order valence-corrected chi connectivity index (χ3v) is 2.07. The van der Waals surface area contributed by atoms with Crippen LogP contribution >= 0.6 is 0 Å². The van der Waals surface area contributed by atoms with Crippen molar-refractivity contribution in [2.45, 2.75) is 0 Å². The first-order valence-electron chi connectivity index (χ1n) is 4.24. The number of aromatic amines is 1. The summed E-state index contributed by atoms with van der Waals surface area (Å²) < 4.78 is 0. The van der Waals surface area contributed by atoms with Gasteiger partial charge in [-0.05, 0) is 23.3 Å². The lowest BCUT2D eigenvalue weighted by Gasteiger charge is -2.02. The Balaban J connectivity index is 2.58. The lowest BCUT2D eigenvalue weighted by Crippen LogP contribution is -1.98. The maximum absolute atomic E-state index is 10.9. The zero-order valence-corrected chi connectivity index (χ0v) is 7.40. The second kappa shape index (κ2) is 3.38. The zero-order chi connectivity index (χ0) is 9.97. The van der Waals surface area contributed by atoms with Crippen LogP contribution < -0.4 is 0 Å². The first kappa shape index (κ1) is 8.56. The fourth-order valence-electron chi connectivity index (χ4n) is 1.41. The minimum atomic E-state index is -0.901. The van der Waals surface area contributed by atoms with Gasteiger partial charge in [0.2, 0.25) is 0 Å². The first-order valence-corrected chi connectivity index (χ1v) is 4.24. The van der Waals surface area contributed by atoms with Gasteiger partial charge in [-0.2, -0.15) is 0 Å². The number of benzene rings is 1. The molecular formula is C11H9NO2. The number of H-pyrrole nitrogens is 1. The van der Waals surface area contributed by atoms with Crippen molar-refractivity contribution >= 4 is 5.97 Å². The number of carbonyl (C=O) groups is 1. The highest BCUT2D eigenvalue weighted by molar-refractivity contribution is 5.95. The number of carboxylic acids is 1. The van der Waals surface area contributed by atoms with Crippen LogP contribution in [0, 0.1) is 0 Å². The van der Waals surface area contributed by atoms with Crippen molar-refractivity contribution in [2.75, 3.05) is 0 Å². The van der Waals surface area contributed by atoms with E-state index in [0.29, 0.717) is 5.56 Å². The molecule has 14 heavy (non-hydrogen) atoms. The second-order valence-corrected chi connectivity index (χ2v) is 2.95. The minimum absolute atomic E-state index is 0.326. The Kier molecular flexibility index (Phi) is 2.07. The molecule has 2 rings (SSSR count). The number of carboxylic acid groups (broad SMARTS) is 1. The van der Waals surface area contributed by atoms with Gasteiger partial charge in [0.05, 0.1) is 5.56 Å². The Morgan fingerprint density at radius 3 is 2.64 bits per heavy atom. The molecular weight excluding hydrogens is 178 g/mol. The van der Waals surface area contributed by atoms with Gasteiger partial charge in [0.15, 0.2) is 0 Å². The Bertz CT molecular complexity index is 446. The molecule has 2 N–H and O–H groups in total. The van der Waals surface area contributed by atoms with Gasteiger partial charge >= 0.3 is 5.97 Å². The van der Waals surface area contributed by atoms with E-state index in [1.54, 1.807) is 30.6 Å². The van der Waals surface area contributed by atoms with E-state index in [2.05, 4.69) is 4.98 Å². The molecule has 0 unspecified atom stereocenters. The molecule has 0 aliphatic heterocycles. The second-order valence-electron chi connectivity index (χ2n) is 2.95. The van der Waals surface area contributed by atoms with Crippen molar-refractivity contribution in [1.29, 1.82) is 0 Å². The average Bonchev–Trinajstić information content (AvgIpc) is 2.70. The lowest BCUT2D eigenvalue weighted by molar-refractivity contribution is 0.0698. The third kappa shape index (κ3) is 1.40. The van der Waals surface area contributed by atoms with Crippen molar-refractivity contribution in [2.24, 2.45) is 0 Å². The number of hydrogen-bond donors (Lipinski definition) is 2. The van der Waals surface area contributed by atoms with Crippen molar-refractivity contribution in [1.82, 2.24) is 4.98 Å². The van der Waals surface area contributed by atoms with E-state index < -0.39 is 5.97 Å². The summed E-state index contributed by atoms with van der Waals surface area (Å²) in [5.41, 5.74) is 1.95. The van der Waals surface area contributed by atoms with Gasteiger partial charge in [0.1, 0.15) is 0 Å². The summed E-state index contributed by atoms with van der Waals surface area (Å²) >= 11 is 0. The number of nitrogens with one attached hydrogen (secondary N) is 1. The van der Waals surface area contributed by atoms with Gasteiger partial charge in [-0.25, -0.2) is 4.79 Å². The van der Waals surface area contributed by atoms with E-state index in [9.17, 15) is 4.79 Å². The van der Waals surface area contributed by atoms with Crippen LogP contribution in [0.4, 0.5) is 0 Å². The van der Waals surface area contributed by atoms with Crippen LogP contribution in [0.3, 0.4) is 0 Å². The van der Waals surface area contributed by atoms with Crippen molar-refractivity contribution in [3.05, 3.63) is 48.3 Å². The normalized spacial score (nSPS) is 10.0. The fraction of sp³-hybridized carbons (Fsp3) is 0. The van der Waals surface area contributed by atoms with Crippen LogP contribution in [0.5, 0.6) is 0 Å². The van der Waals surface area contributed by atoms with Gasteiger partial charge in [-0.1, -0.05) is 18.2 Å².